The van der Waals surface area contributed by atoms with Gasteiger partial charge in [0.1, 0.15) is 6.33 Å². The van der Waals surface area contributed by atoms with Crippen molar-refractivity contribution in [3.05, 3.63) is 36.3 Å². The molecule has 2 aromatic heterocycles. The number of aromatic nitrogens is 4. The molecule has 3 aromatic rings. The summed E-state index contributed by atoms with van der Waals surface area (Å²) in [5.41, 5.74) is 1.06. The topological polar surface area (TPSA) is 63.4 Å². The minimum Gasteiger partial charge on any atom is -0.343 e. The Labute approximate surface area is 103 Å². The van der Waals surface area contributed by atoms with Crippen molar-refractivity contribution in [3.63, 3.8) is 0 Å². The van der Waals surface area contributed by atoms with Crippen molar-refractivity contribution < 1.29 is 4.79 Å². The molecule has 2 heterocycles. The molecule has 6 nitrogen and oxygen atoms in total. The first-order valence-corrected chi connectivity index (χ1v) is 5.49. The van der Waals surface area contributed by atoms with Crippen LogP contribution in [0.2, 0.25) is 0 Å². The van der Waals surface area contributed by atoms with Crippen LogP contribution < -0.4 is 0 Å². The van der Waals surface area contributed by atoms with Gasteiger partial charge in [0.05, 0.1) is 0 Å². The zero-order valence-corrected chi connectivity index (χ0v) is 10.0. The molecule has 90 valence electrons. The second-order valence-electron chi connectivity index (χ2n) is 4.19. The van der Waals surface area contributed by atoms with Gasteiger partial charge in [0, 0.05) is 24.9 Å². The maximum Gasteiger partial charge on any atom is 0.274 e. The van der Waals surface area contributed by atoms with E-state index >= 15 is 0 Å². The summed E-state index contributed by atoms with van der Waals surface area (Å²) in [7, 11) is 3.41. The summed E-state index contributed by atoms with van der Waals surface area (Å²) in [6.45, 7) is 0. The third-order valence-corrected chi connectivity index (χ3v) is 2.77. The van der Waals surface area contributed by atoms with Crippen molar-refractivity contribution in [2.24, 2.45) is 0 Å². The fourth-order valence-electron chi connectivity index (χ4n) is 1.90. The van der Waals surface area contributed by atoms with Gasteiger partial charge in [-0.15, -0.1) is 10.2 Å². The average Bonchev–Trinajstić information content (AvgIpc) is 2.85. The minimum absolute atomic E-state index is 0.137. The first-order chi connectivity index (χ1) is 8.68. The molecule has 0 bridgehead atoms. The molecule has 0 saturated carbocycles. The van der Waals surface area contributed by atoms with E-state index in [4.69, 9.17) is 0 Å². The first-order valence-electron chi connectivity index (χ1n) is 5.49. The average molecular weight is 241 g/mol. The van der Waals surface area contributed by atoms with E-state index in [0.29, 0.717) is 11.3 Å². The van der Waals surface area contributed by atoms with Gasteiger partial charge >= 0.3 is 0 Å². The van der Waals surface area contributed by atoms with Crippen molar-refractivity contribution in [1.29, 1.82) is 0 Å². The molecule has 0 N–H and O–H groups in total. The largest absolute Gasteiger partial charge is 0.343 e. The number of fused-ring (bicyclic) bond motifs is 3. The van der Waals surface area contributed by atoms with E-state index in [9.17, 15) is 4.79 Å². The summed E-state index contributed by atoms with van der Waals surface area (Å²) in [6.07, 6.45) is 1.49. The summed E-state index contributed by atoms with van der Waals surface area (Å²) in [5.74, 6) is -0.137. The molecule has 0 aliphatic rings. The van der Waals surface area contributed by atoms with Crippen molar-refractivity contribution in [2.75, 3.05) is 14.1 Å². The van der Waals surface area contributed by atoms with E-state index < -0.39 is 0 Å². The Morgan fingerprint density at radius 3 is 2.67 bits per heavy atom. The third-order valence-electron chi connectivity index (χ3n) is 2.77. The van der Waals surface area contributed by atoms with Crippen LogP contribution in [0.1, 0.15) is 10.5 Å². The van der Waals surface area contributed by atoms with Crippen LogP contribution in [0, 0.1) is 0 Å². The SMILES string of the molecule is CN(C)C(=O)c1nn2cnnc2c2ccccc12. The van der Waals surface area contributed by atoms with Crippen LogP contribution in [-0.2, 0) is 0 Å². The molecular weight excluding hydrogens is 230 g/mol. The lowest BCUT2D eigenvalue weighted by atomic mass is 10.1. The van der Waals surface area contributed by atoms with Crippen molar-refractivity contribution >= 4 is 22.3 Å². The van der Waals surface area contributed by atoms with Crippen LogP contribution in [0.4, 0.5) is 0 Å². The van der Waals surface area contributed by atoms with Gasteiger partial charge in [-0.05, 0) is 0 Å². The predicted octanol–water partition coefficient (Wildman–Crippen LogP) is 0.979. The first kappa shape index (κ1) is 10.6. The second-order valence-corrected chi connectivity index (χ2v) is 4.19. The zero-order chi connectivity index (χ0) is 12.7. The Balaban J connectivity index is 2.44. The molecule has 0 radical (unpaired) electrons. The number of amides is 1. The number of nitrogens with zero attached hydrogens (tertiary/aromatic N) is 5. The standard InChI is InChI=1S/C12H11N5O/c1-16(2)12(18)10-8-5-3-4-6-9(8)11-14-13-7-17(11)15-10/h3-7H,1-2H3. The Hall–Kier alpha value is -2.50. The Bertz CT molecular complexity index is 746. The lowest BCUT2D eigenvalue weighted by Gasteiger charge is -2.11. The molecule has 0 spiro atoms. The van der Waals surface area contributed by atoms with Crippen LogP contribution in [0.5, 0.6) is 0 Å². The highest BCUT2D eigenvalue weighted by atomic mass is 16.2. The van der Waals surface area contributed by atoms with Gasteiger partial charge in [-0.3, -0.25) is 4.79 Å². The monoisotopic (exact) mass is 241 g/mol. The second kappa shape index (κ2) is 3.76. The Morgan fingerprint density at radius 1 is 1.22 bits per heavy atom. The maximum atomic E-state index is 12.1. The molecule has 0 aliphatic carbocycles. The number of benzene rings is 1. The van der Waals surface area contributed by atoms with Crippen LogP contribution in [0.15, 0.2) is 30.6 Å². The summed E-state index contributed by atoms with van der Waals surface area (Å²) in [6, 6.07) is 7.56. The number of carbonyl (C=O) groups excluding carboxylic acids is 1. The molecule has 1 amide bonds. The Kier molecular flexibility index (Phi) is 2.22. The molecule has 18 heavy (non-hydrogen) atoms. The highest BCUT2D eigenvalue weighted by molar-refractivity contribution is 6.08. The van der Waals surface area contributed by atoms with Crippen molar-refractivity contribution in [3.8, 4) is 0 Å². The predicted molar refractivity (Wildman–Crippen MR) is 66.3 cm³/mol. The fraction of sp³-hybridized carbons (Fsp3) is 0.167. The summed E-state index contributed by atoms with van der Waals surface area (Å²) >= 11 is 0. The lowest BCUT2D eigenvalue weighted by Crippen LogP contribution is -2.24. The highest BCUT2D eigenvalue weighted by Crippen LogP contribution is 2.20. The van der Waals surface area contributed by atoms with Gasteiger partial charge in [-0.2, -0.15) is 9.61 Å². The molecule has 0 saturated heterocycles. The van der Waals surface area contributed by atoms with Crippen LogP contribution in [0.25, 0.3) is 16.4 Å². The van der Waals surface area contributed by atoms with E-state index in [1.807, 2.05) is 24.3 Å². The van der Waals surface area contributed by atoms with Gasteiger partial charge in [-0.25, -0.2) is 0 Å². The molecule has 0 atom stereocenters. The van der Waals surface area contributed by atoms with Gasteiger partial charge in [0.25, 0.3) is 5.91 Å². The fourth-order valence-corrected chi connectivity index (χ4v) is 1.90. The highest BCUT2D eigenvalue weighted by Gasteiger charge is 2.17. The van der Waals surface area contributed by atoms with Gasteiger partial charge in [0.15, 0.2) is 11.3 Å². The third kappa shape index (κ3) is 1.42. The molecule has 1 aromatic carbocycles. The minimum atomic E-state index is -0.137. The van der Waals surface area contributed by atoms with E-state index in [0.717, 1.165) is 10.8 Å². The van der Waals surface area contributed by atoms with E-state index in [-0.39, 0.29) is 5.91 Å². The summed E-state index contributed by atoms with van der Waals surface area (Å²) in [4.78, 5) is 13.6. The normalized spacial score (nSPS) is 11.0. The zero-order valence-electron chi connectivity index (χ0n) is 10.0. The van der Waals surface area contributed by atoms with Crippen LogP contribution in [0.3, 0.4) is 0 Å². The number of rotatable bonds is 1. The van der Waals surface area contributed by atoms with Gasteiger partial charge < -0.3 is 4.90 Å². The molecule has 6 heteroatoms. The Morgan fingerprint density at radius 2 is 1.94 bits per heavy atom. The molecule has 0 aliphatic heterocycles. The quantitative estimate of drug-likeness (QED) is 0.637. The maximum absolute atomic E-state index is 12.1. The number of hydrogen-bond acceptors (Lipinski definition) is 4. The van der Waals surface area contributed by atoms with Crippen LogP contribution in [-0.4, -0.2) is 44.7 Å². The lowest BCUT2D eigenvalue weighted by molar-refractivity contribution is 0.0822. The van der Waals surface area contributed by atoms with E-state index in [1.165, 1.54) is 15.7 Å². The molecule has 0 fully saturated rings. The number of carbonyl (C=O) groups is 1. The van der Waals surface area contributed by atoms with Gasteiger partial charge in [0.2, 0.25) is 0 Å². The molecular formula is C12H11N5O. The van der Waals surface area contributed by atoms with E-state index in [2.05, 4.69) is 15.3 Å². The number of hydrogen-bond donors (Lipinski definition) is 0. The smallest absolute Gasteiger partial charge is 0.274 e. The molecule has 3 rings (SSSR count). The van der Waals surface area contributed by atoms with Crippen molar-refractivity contribution in [2.45, 2.75) is 0 Å². The van der Waals surface area contributed by atoms with Gasteiger partial charge in [-0.1, -0.05) is 24.3 Å². The molecule has 0 unspecified atom stereocenters. The van der Waals surface area contributed by atoms with E-state index in [1.54, 1.807) is 14.1 Å². The van der Waals surface area contributed by atoms with Crippen molar-refractivity contribution in [1.82, 2.24) is 24.7 Å². The summed E-state index contributed by atoms with van der Waals surface area (Å²) in [5, 5.41) is 13.8. The van der Waals surface area contributed by atoms with Crippen LogP contribution >= 0.6 is 0 Å². The summed E-state index contributed by atoms with van der Waals surface area (Å²) < 4.78 is 1.53.